The van der Waals surface area contributed by atoms with E-state index in [-0.39, 0.29) is 17.5 Å². The fourth-order valence-corrected chi connectivity index (χ4v) is 5.49. The molecule has 0 bridgehead atoms. The third-order valence-electron chi connectivity index (χ3n) is 7.01. The fourth-order valence-electron chi connectivity index (χ4n) is 5.49. The Morgan fingerprint density at radius 3 is 2.31 bits per heavy atom. The van der Waals surface area contributed by atoms with Crippen molar-refractivity contribution in [1.29, 1.82) is 0 Å². The maximum absolute atomic E-state index is 13.6. The lowest BCUT2D eigenvalue weighted by molar-refractivity contribution is -0.169. The highest BCUT2D eigenvalue weighted by Gasteiger charge is 2.68. The first-order valence-corrected chi connectivity index (χ1v) is 9.97. The van der Waals surface area contributed by atoms with E-state index in [1.54, 1.807) is 0 Å². The minimum Gasteiger partial charge on any atom is -0.507 e. The highest BCUT2D eigenvalue weighted by atomic mass is 16.3. The molecule has 0 heterocycles. The predicted molar refractivity (Wildman–Crippen MR) is 110 cm³/mol. The summed E-state index contributed by atoms with van der Waals surface area (Å²) in [4.78, 5) is 41.2. The van der Waals surface area contributed by atoms with Crippen LogP contribution in [-0.4, -0.2) is 73.5 Å². The molecule has 32 heavy (non-hydrogen) atoms. The molecule has 7 N–H and O–H groups in total. The van der Waals surface area contributed by atoms with Crippen LogP contribution in [0.4, 0.5) is 0 Å². The van der Waals surface area contributed by atoms with E-state index >= 15 is 0 Å². The molecule has 3 aliphatic carbocycles. The number of benzene rings is 1. The Morgan fingerprint density at radius 1 is 1.12 bits per heavy atom. The number of ketones is 3. The normalized spacial score (nSPS) is 36.1. The number of nitrogens with zero attached hydrogens (tertiary/aromatic N) is 1. The molecule has 0 aromatic heterocycles. The molecule has 0 radical (unpaired) electrons. The van der Waals surface area contributed by atoms with Crippen molar-refractivity contribution in [3.8, 4) is 5.75 Å². The van der Waals surface area contributed by atoms with Crippen LogP contribution in [0.15, 0.2) is 35.2 Å². The number of hydrogen-bond donors (Lipinski definition) is 6. The third kappa shape index (κ3) is 2.48. The number of carbonyl (C=O) groups is 3. The molecule has 2 fully saturated rings. The van der Waals surface area contributed by atoms with Crippen molar-refractivity contribution in [2.24, 2.45) is 17.6 Å². The highest BCUT2D eigenvalue weighted by molar-refractivity contribution is 6.35. The first-order chi connectivity index (χ1) is 14.8. The highest BCUT2D eigenvalue weighted by Crippen LogP contribution is 2.56. The molecule has 0 aliphatic heterocycles. The molecule has 10 nitrogen and oxygen atoms in total. The zero-order valence-corrected chi connectivity index (χ0v) is 17.7. The number of rotatable bonds is 1. The Kier molecular flexibility index (Phi) is 4.57. The van der Waals surface area contributed by atoms with Gasteiger partial charge in [0, 0.05) is 17.4 Å². The molecule has 10 heteroatoms. The summed E-state index contributed by atoms with van der Waals surface area (Å²) >= 11 is 0. The first kappa shape index (κ1) is 22.0. The van der Waals surface area contributed by atoms with E-state index < -0.39 is 75.0 Å². The van der Waals surface area contributed by atoms with Crippen LogP contribution in [0.2, 0.25) is 0 Å². The Labute approximate surface area is 182 Å². The van der Waals surface area contributed by atoms with Gasteiger partial charge in [-0.15, -0.1) is 0 Å². The van der Waals surface area contributed by atoms with E-state index in [0.717, 1.165) is 0 Å². The van der Waals surface area contributed by atoms with Crippen LogP contribution in [0, 0.1) is 11.8 Å². The van der Waals surface area contributed by atoms with Gasteiger partial charge in [0.15, 0.2) is 17.3 Å². The van der Waals surface area contributed by atoms with Crippen molar-refractivity contribution in [3.63, 3.8) is 0 Å². The lowest BCUT2D eigenvalue weighted by atomic mass is 9.53. The number of phenols is 1. The van der Waals surface area contributed by atoms with Crippen LogP contribution in [0.1, 0.15) is 24.5 Å². The number of aliphatic hydroxyl groups is 4. The average Bonchev–Trinajstić information content (AvgIpc) is 2.68. The zero-order chi connectivity index (χ0) is 23.9. The molecule has 170 valence electrons. The van der Waals surface area contributed by atoms with Gasteiger partial charge in [0.2, 0.25) is 11.6 Å². The smallest absolute Gasteiger partial charge is 0.211 e. The van der Waals surface area contributed by atoms with E-state index in [4.69, 9.17) is 5.73 Å². The summed E-state index contributed by atoms with van der Waals surface area (Å²) in [5, 5.41) is 53.9. The lowest BCUT2D eigenvalue weighted by Crippen LogP contribution is -2.70. The van der Waals surface area contributed by atoms with Crippen molar-refractivity contribution in [3.05, 3.63) is 46.4 Å². The number of hydrogen-bond acceptors (Lipinski definition) is 10. The number of aromatic hydroxyl groups is 1. The monoisotopic (exact) mass is 444 g/mol. The van der Waals surface area contributed by atoms with Crippen LogP contribution in [-0.2, 0) is 20.0 Å². The average molecular weight is 444 g/mol. The summed E-state index contributed by atoms with van der Waals surface area (Å²) < 4.78 is 0. The SMILES string of the molecule is CN(C)C1C(=O)C(=C(N)O)C(=O)C2(O)C(=O)C3=C(O)c4c(O)cccc4C(C)(O)C3CC12. The van der Waals surface area contributed by atoms with Crippen molar-refractivity contribution in [1.82, 2.24) is 4.90 Å². The number of fused-ring (bicyclic) bond motifs is 3. The maximum Gasteiger partial charge on any atom is 0.211 e. The predicted octanol–water partition coefficient (Wildman–Crippen LogP) is -0.371. The summed E-state index contributed by atoms with van der Waals surface area (Å²) in [6.07, 6.45) is -0.220. The van der Waals surface area contributed by atoms with E-state index in [1.807, 2.05) is 0 Å². The van der Waals surface area contributed by atoms with Crippen LogP contribution in [0.3, 0.4) is 0 Å². The Balaban J connectivity index is 2.03. The molecule has 1 aromatic rings. The van der Waals surface area contributed by atoms with E-state index in [0.29, 0.717) is 0 Å². The Morgan fingerprint density at radius 2 is 1.75 bits per heavy atom. The van der Waals surface area contributed by atoms with E-state index in [2.05, 4.69) is 0 Å². The van der Waals surface area contributed by atoms with Gasteiger partial charge in [-0.3, -0.25) is 19.3 Å². The Hall–Kier alpha value is -3.21. The fraction of sp³-hybridized carbons (Fsp3) is 0.409. The van der Waals surface area contributed by atoms with Crippen LogP contribution >= 0.6 is 0 Å². The largest absolute Gasteiger partial charge is 0.507 e. The van der Waals surface area contributed by atoms with Gasteiger partial charge in [-0.05, 0) is 39.1 Å². The number of aliphatic hydroxyl groups excluding tert-OH is 2. The van der Waals surface area contributed by atoms with Crippen molar-refractivity contribution < 1.29 is 39.9 Å². The van der Waals surface area contributed by atoms with Gasteiger partial charge in [0.1, 0.15) is 17.1 Å². The molecule has 5 atom stereocenters. The third-order valence-corrected chi connectivity index (χ3v) is 7.01. The topological polar surface area (TPSA) is 182 Å². The van der Waals surface area contributed by atoms with Gasteiger partial charge >= 0.3 is 0 Å². The number of carbonyl (C=O) groups excluding carboxylic acids is 3. The molecule has 1 aromatic carbocycles. The minimum atomic E-state index is -2.82. The number of likely N-dealkylation sites (N-methyl/N-ethyl adjacent to an activating group) is 1. The maximum atomic E-state index is 13.6. The van der Waals surface area contributed by atoms with Crippen LogP contribution < -0.4 is 5.73 Å². The van der Waals surface area contributed by atoms with Crippen molar-refractivity contribution in [2.75, 3.05) is 14.1 Å². The molecule has 3 aliphatic rings. The van der Waals surface area contributed by atoms with Gasteiger partial charge in [-0.25, -0.2) is 0 Å². The second-order valence-corrected chi connectivity index (χ2v) is 8.96. The summed E-state index contributed by atoms with van der Waals surface area (Å²) in [6.45, 7) is 1.40. The lowest BCUT2D eigenvalue weighted by Gasteiger charge is -2.53. The standard InChI is InChI=1S/C22H24N2O8/c1-21(31)8-5-4-6-11(25)12(8)16(26)13-9(21)7-10-15(24(2)3)17(27)14(20(23)30)19(29)22(10,32)18(13)28/h4-6,9-10,15,25-26,30-32H,7,23H2,1-3H3. The zero-order valence-electron chi connectivity index (χ0n) is 17.7. The summed E-state index contributed by atoms with van der Waals surface area (Å²) in [5.41, 5.74) is -0.589. The van der Waals surface area contributed by atoms with Crippen molar-refractivity contribution >= 4 is 23.1 Å². The van der Waals surface area contributed by atoms with Gasteiger partial charge in [0.25, 0.3) is 0 Å². The molecule has 5 unspecified atom stereocenters. The summed E-state index contributed by atoms with van der Waals surface area (Å²) in [6, 6.07) is 3.00. The molecule has 4 rings (SSSR count). The number of Topliss-reactive ketones (excluding diaryl/α,β-unsaturated/α-hetero) is 3. The summed E-state index contributed by atoms with van der Waals surface area (Å²) in [5.74, 6) is -8.00. The van der Waals surface area contributed by atoms with E-state index in [9.17, 15) is 39.9 Å². The van der Waals surface area contributed by atoms with Gasteiger partial charge in [0.05, 0.1) is 17.2 Å². The van der Waals surface area contributed by atoms with Gasteiger partial charge < -0.3 is 31.3 Å². The second-order valence-electron chi connectivity index (χ2n) is 8.96. The summed E-state index contributed by atoms with van der Waals surface area (Å²) in [7, 11) is 3.01. The van der Waals surface area contributed by atoms with Gasteiger partial charge in [-0.2, -0.15) is 0 Å². The van der Waals surface area contributed by atoms with E-state index in [1.165, 1.54) is 44.1 Å². The molecular formula is C22H24N2O8. The second kappa shape index (κ2) is 6.64. The minimum absolute atomic E-state index is 0.164. The Bertz CT molecular complexity index is 1140. The number of nitrogens with two attached hydrogens (primary N) is 1. The quantitative estimate of drug-likeness (QED) is 0.145. The number of phenolic OH excluding ortho intramolecular Hbond substituents is 1. The first-order valence-electron chi connectivity index (χ1n) is 9.97. The molecule has 0 spiro atoms. The molecule has 0 saturated heterocycles. The molecular weight excluding hydrogens is 420 g/mol. The van der Waals surface area contributed by atoms with Crippen molar-refractivity contribution in [2.45, 2.75) is 30.6 Å². The van der Waals surface area contributed by atoms with Crippen LogP contribution in [0.25, 0.3) is 5.76 Å². The van der Waals surface area contributed by atoms with Gasteiger partial charge in [-0.1, -0.05) is 12.1 Å². The van der Waals surface area contributed by atoms with Crippen LogP contribution in [0.5, 0.6) is 5.75 Å². The molecule has 0 amide bonds. The molecule has 2 saturated carbocycles.